The highest BCUT2D eigenvalue weighted by Gasteiger charge is 2.31. The summed E-state index contributed by atoms with van der Waals surface area (Å²) in [6.07, 6.45) is 1.33. The Balaban J connectivity index is 1.69. The van der Waals surface area contributed by atoms with Crippen LogP contribution in [-0.4, -0.2) is 35.5 Å². The third-order valence-corrected chi connectivity index (χ3v) is 4.31. The van der Waals surface area contributed by atoms with E-state index < -0.39 is 29.2 Å². The van der Waals surface area contributed by atoms with Gasteiger partial charge >= 0.3 is 0 Å². The average Bonchev–Trinajstić information content (AvgIpc) is 2.96. The molecular formula is C20H15F2N3O4. The summed E-state index contributed by atoms with van der Waals surface area (Å²) in [5, 5.41) is 20.8. The minimum atomic E-state index is -1.20. The standard InChI is InChI=1S/C20H15F2N3O4/c1-29-17-3-2-11(6-12(17)10-23)4-5-25-18(26)9-16(20(25)28)24-13-7-14(21)19(27)15(22)8-13/h2-3,6-9,24,27H,4-5H2,1H3. The molecule has 0 atom stereocenters. The second kappa shape index (κ2) is 7.98. The maximum atomic E-state index is 13.4. The van der Waals surface area contributed by atoms with Crippen molar-refractivity contribution in [3.8, 4) is 17.6 Å². The number of halogens is 2. The van der Waals surface area contributed by atoms with Crippen LogP contribution in [0.15, 0.2) is 42.1 Å². The van der Waals surface area contributed by atoms with Crippen molar-refractivity contribution in [1.82, 2.24) is 4.90 Å². The van der Waals surface area contributed by atoms with Gasteiger partial charge in [0.25, 0.3) is 11.8 Å². The molecule has 1 aliphatic heterocycles. The van der Waals surface area contributed by atoms with Gasteiger partial charge in [-0.15, -0.1) is 0 Å². The molecule has 0 saturated carbocycles. The largest absolute Gasteiger partial charge is 0.503 e. The smallest absolute Gasteiger partial charge is 0.277 e. The van der Waals surface area contributed by atoms with Gasteiger partial charge in [-0.25, -0.2) is 8.78 Å². The molecule has 9 heteroatoms. The fourth-order valence-corrected chi connectivity index (χ4v) is 2.84. The second-order valence-corrected chi connectivity index (χ2v) is 6.16. The summed E-state index contributed by atoms with van der Waals surface area (Å²) in [7, 11) is 1.45. The fraction of sp³-hybridized carbons (Fsp3) is 0.150. The lowest BCUT2D eigenvalue weighted by Gasteiger charge is -2.15. The van der Waals surface area contributed by atoms with Crippen LogP contribution in [0.5, 0.6) is 11.5 Å². The number of benzene rings is 2. The molecular weight excluding hydrogens is 384 g/mol. The van der Waals surface area contributed by atoms with Crippen LogP contribution in [0.25, 0.3) is 0 Å². The molecule has 3 rings (SSSR count). The topological polar surface area (TPSA) is 103 Å². The van der Waals surface area contributed by atoms with E-state index in [4.69, 9.17) is 15.1 Å². The molecule has 1 aliphatic rings. The molecule has 148 valence electrons. The monoisotopic (exact) mass is 399 g/mol. The normalized spacial score (nSPS) is 13.3. The number of nitrogens with zero attached hydrogens (tertiary/aromatic N) is 2. The number of aromatic hydroxyl groups is 1. The van der Waals surface area contributed by atoms with E-state index in [0.717, 1.165) is 28.7 Å². The van der Waals surface area contributed by atoms with Gasteiger partial charge in [0.2, 0.25) is 0 Å². The highest BCUT2D eigenvalue weighted by Crippen LogP contribution is 2.26. The van der Waals surface area contributed by atoms with Crippen LogP contribution >= 0.6 is 0 Å². The van der Waals surface area contributed by atoms with E-state index >= 15 is 0 Å². The first kappa shape index (κ1) is 19.8. The third kappa shape index (κ3) is 4.01. The van der Waals surface area contributed by atoms with Gasteiger partial charge in [0, 0.05) is 30.4 Å². The lowest BCUT2D eigenvalue weighted by atomic mass is 10.1. The van der Waals surface area contributed by atoms with Gasteiger partial charge in [-0.2, -0.15) is 5.26 Å². The molecule has 0 unspecified atom stereocenters. The van der Waals surface area contributed by atoms with Crippen molar-refractivity contribution in [2.45, 2.75) is 6.42 Å². The summed E-state index contributed by atoms with van der Waals surface area (Å²) >= 11 is 0. The predicted molar refractivity (Wildman–Crippen MR) is 97.9 cm³/mol. The molecule has 29 heavy (non-hydrogen) atoms. The number of carbonyl (C=O) groups is 2. The first-order valence-electron chi connectivity index (χ1n) is 8.43. The maximum absolute atomic E-state index is 13.4. The number of hydrogen-bond donors (Lipinski definition) is 2. The van der Waals surface area contributed by atoms with Crippen molar-refractivity contribution in [3.05, 3.63) is 64.9 Å². The zero-order valence-electron chi connectivity index (χ0n) is 15.2. The van der Waals surface area contributed by atoms with Crippen LogP contribution in [0.3, 0.4) is 0 Å². The first-order valence-corrected chi connectivity index (χ1v) is 8.43. The van der Waals surface area contributed by atoms with Gasteiger partial charge in [0.15, 0.2) is 17.4 Å². The molecule has 2 amide bonds. The summed E-state index contributed by atoms with van der Waals surface area (Å²) in [6, 6.07) is 8.58. The van der Waals surface area contributed by atoms with Crippen LogP contribution in [0, 0.1) is 23.0 Å². The van der Waals surface area contributed by atoms with Gasteiger partial charge < -0.3 is 15.2 Å². The van der Waals surface area contributed by atoms with E-state index in [-0.39, 0.29) is 17.9 Å². The lowest BCUT2D eigenvalue weighted by Crippen LogP contribution is -2.33. The van der Waals surface area contributed by atoms with Crippen LogP contribution in [0.1, 0.15) is 11.1 Å². The molecule has 0 aliphatic carbocycles. The van der Waals surface area contributed by atoms with E-state index in [0.29, 0.717) is 17.7 Å². The minimum Gasteiger partial charge on any atom is -0.503 e. The Morgan fingerprint density at radius 3 is 2.52 bits per heavy atom. The molecule has 0 spiro atoms. The van der Waals surface area contributed by atoms with Crippen molar-refractivity contribution < 1.29 is 28.2 Å². The van der Waals surface area contributed by atoms with E-state index in [1.807, 2.05) is 6.07 Å². The molecule has 2 aromatic carbocycles. The number of methoxy groups -OCH3 is 1. The van der Waals surface area contributed by atoms with E-state index in [2.05, 4.69) is 5.32 Å². The van der Waals surface area contributed by atoms with Crippen molar-refractivity contribution in [1.29, 1.82) is 5.26 Å². The highest BCUT2D eigenvalue weighted by molar-refractivity contribution is 6.17. The van der Waals surface area contributed by atoms with Crippen LogP contribution < -0.4 is 10.1 Å². The predicted octanol–water partition coefficient (Wildman–Crippen LogP) is 2.46. The molecule has 7 nitrogen and oxygen atoms in total. The fourth-order valence-electron chi connectivity index (χ4n) is 2.84. The number of imide groups is 1. The number of hydrogen-bond acceptors (Lipinski definition) is 6. The number of anilines is 1. The Labute approximate surface area is 164 Å². The van der Waals surface area contributed by atoms with Crippen LogP contribution in [0.4, 0.5) is 14.5 Å². The average molecular weight is 399 g/mol. The number of phenols is 1. The Morgan fingerprint density at radius 1 is 1.21 bits per heavy atom. The van der Waals surface area contributed by atoms with E-state index in [1.54, 1.807) is 18.2 Å². The number of amides is 2. The van der Waals surface area contributed by atoms with Gasteiger partial charge in [-0.1, -0.05) is 6.07 Å². The van der Waals surface area contributed by atoms with Gasteiger partial charge in [0.1, 0.15) is 17.5 Å². The van der Waals surface area contributed by atoms with Crippen molar-refractivity contribution in [3.63, 3.8) is 0 Å². The molecule has 0 saturated heterocycles. The number of phenolic OH excluding ortho intramolecular Hbond substituents is 1. The summed E-state index contributed by atoms with van der Waals surface area (Å²) in [5.74, 6) is -4.34. The first-order chi connectivity index (χ1) is 13.8. The van der Waals surface area contributed by atoms with Crippen LogP contribution in [0.2, 0.25) is 0 Å². The van der Waals surface area contributed by atoms with E-state index in [1.165, 1.54) is 7.11 Å². The van der Waals surface area contributed by atoms with Crippen LogP contribution in [-0.2, 0) is 16.0 Å². The zero-order valence-corrected chi connectivity index (χ0v) is 15.2. The maximum Gasteiger partial charge on any atom is 0.277 e. The number of nitriles is 1. The second-order valence-electron chi connectivity index (χ2n) is 6.16. The summed E-state index contributed by atoms with van der Waals surface area (Å²) < 4.78 is 32.0. The summed E-state index contributed by atoms with van der Waals surface area (Å²) in [4.78, 5) is 25.6. The lowest BCUT2D eigenvalue weighted by molar-refractivity contribution is -0.137. The molecule has 0 aromatic heterocycles. The molecule has 2 aromatic rings. The Bertz CT molecular complexity index is 1050. The molecule has 1 heterocycles. The third-order valence-electron chi connectivity index (χ3n) is 4.31. The molecule has 0 radical (unpaired) electrons. The quantitative estimate of drug-likeness (QED) is 0.571. The Hall–Kier alpha value is -3.93. The van der Waals surface area contributed by atoms with Gasteiger partial charge in [-0.05, 0) is 24.1 Å². The Kier molecular flexibility index (Phi) is 5.45. The summed E-state index contributed by atoms with van der Waals surface area (Å²) in [5.41, 5.74) is 0.792. The SMILES string of the molecule is COc1ccc(CCN2C(=O)C=C(Nc3cc(F)c(O)c(F)c3)C2=O)cc1C#N. The number of rotatable bonds is 6. The number of nitrogens with one attached hydrogen (secondary N) is 1. The molecule has 0 bridgehead atoms. The summed E-state index contributed by atoms with van der Waals surface area (Å²) in [6.45, 7) is 0.0504. The van der Waals surface area contributed by atoms with Gasteiger partial charge in [-0.3, -0.25) is 14.5 Å². The molecule has 2 N–H and O–H groups in total. The van der Waals surface area contributed by atoms with Gasteiger partial charge in [0.05, 0.1) is 12.7 Å². The van der Waals surface area contributed by atoms with Crippen molar-refractivity contribution in [2.24, 2.45) is 0 Å². The number of ether oxygens (including phenoxy) is 1. The van der Waals surface area contributed by atoms with Crippen molar-refractivity contribution >= 4 is 17.5 Å². The zero-order chi connectivity index (χ0) is 21.1. The Morgan fingerprint density at radius 2 is 1.90 bits per heavy atom. The highest BCUT2D eigenvalue weighted by atomic mass is 19.1. The number of carbonyl (C=O) groups excluding carboxylic acids is 2. The van der Waals surface area contributed by atoms with Crippen molar-refractivity contribution in [2.75, 3.05) is 19.0 Å². The minimum absolute atomic E-state index is 0.0504. The molecule has 0 fully saturated rings. The van der Waals surface area contributed by atoms with E-state index in [9.17, 15) is 18.4 Å².